The molecule has 1 saturated heterocycles. The molecule has 0 aromatic carbocycles. The van der Waals surface area contributed by atoms with E-state index in [1.165, 1.54) is 0 Å². The molecule has 2 unspecified atom stereocenters. The van der Waals surface area contributed by atoms with E-state index in [-0.39, 0.29) is 17.9 Å². The van der Waals surface area contributed by atoms with E-state index in [4.69, 9.17) is 0 Å². The van der Waals surface area contributed by atoms with Gasteiger partial charge in [0.15, 0.2) is 5.65 Å². The van der Waals surface area contributed by atoms with Crippen molar-refractivity contribution in [1.29, 1.82) is 0 Å². The lowest BCUT2D eigenvalue weighted by Crippen LogP contribution is -2.45. The second-order valence-electron chi connectivity index (χ2n) is 5.93. The van der Waals surface area contributed by atoms with Gasteiger partial charge >= 0.3 is 0 Å². The van der Waals surface area contributed by atoms with Gasteiger partial charge < -0.3 is 10.2 Å². The summed E-state index contributed by atoms with van der Waals surface area (Å²) in [4.78, 5) is 14.5. The minimum Gasteiger partial charge on any atom is -0.354 e. The SMILES string of the molecule is CCC(C)NC(=O)C1CCCN(c2ccc3nncn3n2)C1. The Bertz CT molecular complexity index is 654. The molecule has 1 aliphatic heterocycles. The van der Waals surface area contributed by atoms with Gasteiger partial charge in [0.2, 0.25) is 5.91 Å². The maximum atomic E-state index is 12.3. The van der Waals surface area contributed by atoms with Crippen LogP contribution in [-0.2, 0) is 4.79 Å². The maximum Gasteiger partial charge on any atom is 0.225 e. The van der Waals surface area contributed by atoms with Crippen molar-refractivity contribution in [2.75, 3.05) is 18.0 Å². The number of carbonyl (C=O) groups is 1. The second-order valence-corrected chi connectivity index (χ2v) is 5.93. The fourth-order valence-electron chi connectivity index (χ4n) is 2.75. The average Bonchev–Trinajstić information content (AvgIpc) is 3.02. The van der Waals surface area contributed by atoms with Crippen molar-refractivity contribution in [2.24, 2.45) is 5.92 Å². The Morgan fingerprint density at radius 3 is 3.18 bits per heavy atom. The first-order chi connectivity index (χ1) is 10.7. The number of aromatic nitrogens is 4. The zero-order valence-corrected chi connectivity index (χ0v) is 13.1. The number of nitrogens with one attached hydrogen (secondary N) is 1. The lowest BCUT2D eigenvalue weighted by molar-refractivity contribution is -0.125. The number of anilines is 1. The average molecular weight is 302 g/mol. The van der Waals surface area contributed by atoms with Gasteiger partial charge in [0, 0.05) is 19.1 Å². The monoisotopic (exact) mass is 302 g/mol. The summed E-state index contributed by atoms with van der Waals surface area (Å²) in [5.41, 5.74) is 0.729. The van der Waals surface area contributed by atoms with Crippen molar-refractivity contribution in [3.8, 4) is 0 Å². The zero-order valence-electron chi connectivity index (χ0n) is 13.1. The maximum absolute atomic E-state index is 12.3. The van der Waals surface area contributed by atoms with Crippen LogP contribution in [0.4, 0.5) is 5.82 Å². The number of fused-ring (bicyclic) bond motifs is 1. The lowest BCUT2D eigenvalue weighted by Gasteiger charge is -2.33. The molecule has 0 bridgehead atoms. The molecule has 22 heavy (non-hydrogen) atoms. The molecule has 2 aromatic rings. The van der Waals surface area contributed by atoms with E-state index < -0.39 is 0 Å². The lowest BCUT2D eigenvalue weighted by atomic mass is 9.96. The summed E-state index contributed by atoms with van der Waals surface area (Å²) < 4.78 is 1.66. The molecular weight excluding hydrogens is 280 g/mol. The summed E-state index contributed by atoms with van der Waals surface area (Å²) in [6.45, 7) is 5.76. The van der Waals surface area contributed by atoms with E-state index in [0.717, 1.165) is 37.3 Å². The van der Waals surface area contributed by atoms with E-state index in [0.29, 0.717) is 6.54 Å². The van der Waals surface area contributed by atoms with Crippen LogP contribution in [0.2, 0.25) is 0 Å². The molecule has 3 heterocycles. The van der Waals surface area contributed by atoms with Gasteiger partial charge in [-0.25, -0.2) is 0 Å². The van der Waals surface area contributed by atoms with Crippen LogP contribution in [0.3, 0.4) is 0 Å². The fourth-order valence-corrected chi connectivity index (χ4v) is 2.75. The number of piperidine rings is 1. The van der Waals surface area contributed by atoms with Crippen LogP contribution in [0.5, 0.6) is 0 Å². The molecule has 1 aliphatic rings. The molecule has 2 atom stereocenters. The topological polar surface area (TPSA) is 75.4 Å². The van der Waals surface area contributed by atoms with Crippen molar-refractivity contribution in [3.63, 3.8) is 0 Å². The Labute approximate surface area is 129 Å². The molecule has 7 heteroatoms. The minimum absolute atomic E-state index is 0.0289. The highest BCUT2D eigenvalue weighted by Gasteiger charge is 2.27. The molecule has 0 spiro atoms. The molecule has 2 aromatic heterocycles. The highest BCUT2D eigenvalue weighted by atomic mass is 16.2. The standard InChI is InChI=1S/C15H22N6O/c1-3-11(2)17-15(22)12-5-4-8-20(9-12)14-7-6-13-18-16-10-21(13)19-14/h6-7,10-12H,3-5,8-9H2,1-2H3,(H,17,22). The van der Waals surface area contributed by atoms with Crippen molar-refractivity contribution in [1.82, 2.24) is 25.1 Å². The highest BCUT2D eigenvalue weighted by Crippen LogP contribution is 2.22. The van der Waals surface area contributed by atoms with E-state index in [1.807, 2.05) is 19.1 Å². The molecule has 1 fully saturated rings. The van der Waals surface area contributed by atoms with Gasteiger partial charge in [-0.3, -0.25) is 4.79 Å². The molecule has 3 rings (SSSR count). The smallest absolute Gasteiger partial charge is 0.225 e. The first kappa shape index (κ1) is 14.7. The van der Waals surface area contributed by atoms with Crippen molar-refractivity contribution >= 4 is 17.4 Å². The molecule has 0 aliphatic carbocycles. The van der Waals surface area contributed by atoms with E-state index in [2.05, 4.69) is 32.4 Å². The van der Waals surface area contributed by atoms with E-state index in [1.54, 1.807) is 10.8 Å². The molecule has 118 valence electrons. The normalized spacial score (nSPS) is 20.1. The molecular formula is C15H22N6O. The largest absolute Gasteiger partial charge is 0.354 e. The second kappa shape index (κ2) is 6.29. The van der Waals surface area contributed by atoms with E-state index in [9.17, 15) is 4.79 Å². The van der Waals surface area contributed by atoms with Gasteiger partial charge in [0.05, 0.1) is 5.92 Å². The summed E-state index contributed by atoms with van der Waals surface area (Å²) in [6.07, 6.45) is 4.48. The number of rotatable bonds is 4. The van der Waals surface area contributed by atoms with Gasteiger partial charge in [-0.15, -0.1) is 15.3 Å². The third-order valence-electron chi connectivity index (χ3n) is 4.26. The number of nitrogens with zero attached hydrogens (tertiary/aromatic N) is 5. The van der Waals surface area contributed by atoms with Crippen LogP contribution in [0.25, 0.3) is 5.65 Å². The quantitative estimate of drug-likeness (QED) is 0.920. The Balaban J connectivity index is 1.70. The number of hydrogen-bond donors (Lipinski definition) is 1. The number of amides is 1. The Morgan fingerprint density at radius 1 is 1.50 bits per heavy atom. The van der Waals surface area contributed by atoms with Crippen LogP contribution in [0.15, 0.2) is 18.5 Å². The molecule has 1 N–H and O–H groups in total. The summed E-state index contributed by atoms with van der Waals surface area (Å²) in [6, 6.07) is 4.08. The number of carbonyl (C=O) groups excluding carboxylic acids is 1. The zero-order chi connectivity index (χ0) is 15.5. The highest BCUT2D eigenvalue weighted by molar-refractivity contribution is 5.79. The fraction of sp³-hybridized carbons (Fsp3) is 0.600. The summed E-state index contributed by atoms with van der Waals surface area (Å²) in [5.74, 6) is 1.05. The van der Waals surface area contributed by atoms with Gasteiger partial charge in [-0.1, -0.05) is 6.92 Å². The third kappa shape index (κ3) is 3.03. The van der Waals surface area contributed by atoms with Crippen molar-refractivity contribution in [2.45, 2.75) is 39.2 Å². The van der Waals surface area contributed by atoms with E-state index >= 15 is 0 Å². The van der Waals surface area contributed by atoms with Crippen LogP contribution in [0, 0.1) is 5.92 Å². The molecule has 7 nitrogen and oxygen atoms in total. The molecule has 0 radical (unpaired) electrons. The predicted octanol–water partition coefficient (Wildman–Crippen LogP) is 1.26. The van der Waals surface area contributed by atoms with Gasteiger partial charge in [-0.2, -0.15) is 4.52 Å². The van der Waals surface area contributed by atoms with Gasteiger partial charge in [0.1, 0.15) is 12.1 Å². The number of hydrogen-bond acceptors (Lipinski definition) is 5. The van der Waals surface area contributed by atoms with Crippen LogP contribution in [0.1, 0.15) is 33.1 Å². The predicted molar refractivity (Wildman–Crippen MR) is 83.6 cm³/mol. The first-order valence-electron chi connectivity index (χ1n) is 7.89. The molecule has 1 amide bonds. The van der Waals surface area contributed by atoms with Crippen LogP contribution >= 0.6 is 0 Å². The van der Waals surface area contributed by atoms with Crippen LogP contribution in [-0.4, -0.2) is 44.8 Å². The first-order valence-corrected chi connectivity index (χ1v) is 7.89. The Kier molecular flexibility index (Phi) is 4.22. The Hall–Kier alpha value is -2.18. The summed E-state index contributed by atoms with van der Waals surface area (Å²) in [7, 11) is 0. The minimum atomic E-state index is 0.0289. The van der Waals surface area contributed by atoms with Gasteiger partial charge in [0.25, 0.3) is 0 Å². The van der Waals surface area contributed by atoms with Crippen molar-refractivity contribution < 1.29 is 4.79 Å². The molecule has 0 saturated carbocycles. The van der Waals surface area contributed by atoms with Crippen LogP contribution < -0.4 is 10.2 Å². The Morgan fingerprint density at radius 2 is 2.36 bits per heavy atom. The summed E-state index contributed by atoms with van der Waals surface area (Å²) >= 11 is 0. The third-order valence-corrected chi connectivity index (χ3v) is 4.26. The summed E-state index contributed by atoms with van der Waals surface area (Å²) in [5, 5.41) is 15.4. The van der Waals surface area contributed by atoms with Crippen molar-refractivity contribution in [3.05, 3.63) is 18.5 Å². The van der Waals surface area contributed by atoms with Gasteiger partial charge in [-0.05, 0) is 38.3 Å².